The Balaban J connectivity index is 1.61. The molecule has 0 atom stereocenters. The van der Waals surface area contributed by atoms with Crippen LogP contribution < -0.4 is 10.5 Å². The number of nitrogen functional groups attached to an aromatic ring is 1. The highest BCUT2D eigenvalue weighted by Gasteiger charge is 1.98. The Labute approximate surface area is 289 Å². The summed E-state index contributed by atoms with van der Waals surface area (Å²) < 4.78 is 66.0. The highest BCUT2D eigenvalue weighted by molar-refractivity contribution is 5.41. The fraction of sp³-hybridized carbons (Fsp3) is 0.829. The Morgan fingerprint density at radius 1 is 0.333 bits per heavy atom. The number of unbranched alkanes of at least 4 members (excludes halogenated alkanes) is 4. The highest BCUT2D eigenvalue weighted by atomic mass is 16.6. The van der Waals surface area contributed by atoms with E-state index in [0.29, 0.717) is 151 Å². The van der Waals surface area contributed by atoms with Crippen LogP contribution in [0.3, 0.4) is 0 Å². The lowest BCUT2D eigenvalue weighted by Gasteiger charge is -2.09. The molecule has 0 aliphatic carbocycles. The number of rotatable bonds is 40. The van der Waals surface area contributed by atoms with E-state index < -0.39 is 0 Å². The molecular formula is C35H65NO12. The highest BCUT2D eigenvalue weighted by Crippen LogP contribution is 2.12. The molecule has 0 amide bonds. The van der Waals surface area contributed by atoms with Crippen molar-refractivity contribution in [2.75, 3.05) is 158 Å². The zero-order valence-corrected chi connectivity index (χ0v) is 29.6. The first kappa shape index (κ1) is 44.4. The summed E-state index contributed by atoms with van der Waals surface area (Å²) in [5.74, 6) is 0.773. The molecule has 48 heavy (non-hydrogen) atoms. The van der Waals surface area contributed by atoms with Crippen molar-refractivity contribution < 1.29 is 56.8 Å². The summed E-state index contributed by atoms with van der Waals surface area (Å²) in [6.45, 7) is 14.6. The van der Waals surface area contributed by atoms with Gasteiger partial charge in [-0.2, -0.15) is 0 Å². The largest absolute Gasteiger partial charge is 0.491 e. The van der Waals surface area contributed by atoms with Crippen molar-refractivity contribution in [3.05, 3.63) is 24.3 Å². The molecule has 1 rings (SSSR count). The molecule has 13 nitrogen and oxygen atoms in total. The van der Waals surface area contributed by atoms with E-state index in [1.807, 2.05) is 12.1 Å². The molecule has 0 heterocycles. The van der Waals surface area contributed by atoms with E-state index in [-0.39, 0.29) is 0 Å². The lowest BCUT2D eigenvalue weighted by Crippen LogP contribution is -2.15. The molecule has 13 heteroatoms. The van der Waals surface area contributed by atoms with Crippen molar-refractivity contribution in [2.24, 2.45) is 0 Å². The van der Waals surface area contributed by atoms with Gasteiger partial charge in [0.1, 0.15) is 12.4 Å². The lowest BCUT2D eigenvalue weighted by atomic mass is 10.2. The molecule has 0 unspecified atom stereocenters. The zero-order chi connectivity index (χ0) is 34.3. The summed E-state index contributed by atoms with van der Waals surface area (Å²) in [5.41, 5.74) is 6.36. The van der Waals surface area contributed by atoms with Crippen molar-refractivity contribution in [1.82, 2.24) is 0 Å². The van der Waals surface area contributed by atoms with Crippen molar-refractivity contribution in [2.45, 2.75) is 39.0 Å². The van der Waals surface area contributed by atoms with Crippen molar-refractivity contribution in [3.63, 3.8) is 0 Å². The van der Waals surface area contributed by atoms with Crippen molar-refractivity contribution in [3.8, 4) is 5.75 Å². The van der Waals surface area contributed by atoms with Gasteiger partial charge in [0.05, 0.1) is 139 Å². The number of hydrogen-bond acceptors (Lipinski definition) is 13. The van der Waals surface area contributed by atoms with E-state index >= 15 is 0 Å². The Kier molecular flexibility index (Phi) is 35.3. The minimum atomic E-state index is 0.477. The van der Waals surface area contributed by atoms with E-state index in [2.05, 4.69) is 6.92 Å². The Morgan fingerprint density at radius 2 is 0.604 bits per heavy atom. The third-order valence-corrected chi connectivity index (χ3v) is 6.49. The molecule has 0 spiro atoms. The van der Waals surface area contributed by atoms with Crippen LogP contribution in [0, 0.1) is 0 Å². The molecule has 0 aliphatic rings. The van der Waals surface area contributed by atoms with Crippen LogP contribution in [0.15, 0.2) is 24.3 Å². The van der Waals surface area contributed by atoms with Crippen LogP contribution in [0.4, 0.5) is 5.69 Å². The first-order valence-electron chi connectivity index (χ1n) is 17.7. The number of nitrogens with two attached hydrogens (primary N) is 1. The van der Waals surface area contributed by atoms with E-state index in [1.54, 1.807) is 12.1 Å². The Morgan fingerprint density at radius 3 is 0.917 bits per heavy atom. The maximum atomic E-state index is 5.64. The fourth-order valence-electron chi connectivity index (χ4n) is 3.89. The van der Waals surface area contributed by atoms with E-state index in [1.165, 1.54) is 25.7 Å². The SMILES string of the molecule is CCCCCCCOCCOCCOCCOCCOCCOCCOCCOCCOCCOCCOCCOc1ccc(N)cc1. The average molecular weight is 692 g/mol. The van der Waals surface area contributed by atoms with Gasteiger partial charge in [-0.15, -0.1) is 0 Å². The predicted octanol–water partition coefficient (Wildman–Crippen LogP) is 3.80. The van der Waals surface area contributed by atoms with Crippen LogP contribution >= 0.6 is 0 Å². The molecule has 0 aliphatic heterocycles. The fourth-order valence-corrected chi connectivity index (χ4v) is 3.89. The third kappa shape index (κ3) is 34.3. The minimum Gasteiger partial charge on any atom is -0.491 e. The van der Waals surface area contributed by atoms with Crippen LogP contribution in [-0.2, 0) is 52.1 Å². The first-order valence-corrected chi connectivity index (χ1v) is 17.7. The second-order valence-corrected chi connectivity index (χ2v) is 10.6. The molecule has 0 bridgehead atoms. The molecule has 0 saturated heterocycles. The molecule has 2 N–H and O–H groups in total. The summed E-state index contributed by atoms with van der Waals surface area (Å²) in [7, 11) is 0. The topological polar surface area (TPSA) is 137 Å². The van der Waals surface area contributed by atoms with Crippen LogP contribution in [-0.4, -0.2) is 152 Å². The maximum absolute atomic E-state index is 5.64. The second-order valence-electron chi connectivity index (χ2n) is 10.6. The van der Waals surface area contributed by atoms with Gasteiger partial charge in [0, 0.05) is 12.3 Å². The Bertz CT molecular complexity index is 747. The van der Waals surface area contributed by atoms with Crippen molar-refractivity contribution in [1.29, 1.82) is 0 Å². The molecular weight excluding hydrogens is 626 g/mol. The van der Waals surface area contributed by atoms with Gasteiger partial charge >= 0.3 is 0 Å². The summed E-state index contributed by atoms with van der Waals surface area (Å²) >= 11 is 0. The van der Waals surface area contributed by atoms with Crippen LogP contribution in [0.1, 0.15) is 39.0 Å². The van der Waals surface area contributed by atoms with Crippen LogP contribution in [0.5, 0.6) is 5.75 Å². The van der Waals surface area contributed by atoms with Gasteiger partial charge in [-0.25, -0.2) is 0 Å². The van der Waals surface area contributed by atoms with Gasteiger partial charge in [0.15, 0.2) is 0 Å². The molecule has 0 fully saturated rings. The first-order chi connectivity index (χ1) is 23.8. The molecule has 1 aromatic carbocycles. The van der Waals surface area contributed by atoms with Gasteiger partial charge in [-0.1, -0.05) is 32.6 Å². The van der Waals surface area contributed by atoms with Gasteiger partial charge in [0.25, 0.3) is 0 Å². The normalized spacial score (nSPS) is 11.4. The summed E-state index contributed by atoms with van der Waals surface area (Å²) in [5, 5.41) is 0. The van der Waals surface area contributed by atoms with Crippen LogP contribution in [0.2, 0.25) is 0 Å². The lowest BCUT2D eigenvalue weighted by molar-refractivity contribution is -0.0277. The molecule has 0 radical (unpaired) electrons. The smallest absolute Gasteiger partial charge is 0.119 e. The molecule has 1 aromatic rings. The molecule has 0 aromatic heterocycles. The monoisotopic (exact) mass is 691 g/mol. The summed E-state index contributed by atoms with van der Waals surface area (Å²) in [4.78, 5) is 0. The van der Waals surface area contributed by atoms with Gasteiger partial charge < -0.3 is 62.6 Å². The van der Waals surface area contributed by atoms with E-state index in [0.717, 1.165) is 18.8 Å². The van der Waals surface area contributed by atoms with Crippen LogP contribution in [0.25, 0.3) is 0 Å². The molecule has 282 valence electrons. The quantitative estimate of drug-likeness (QED) is 0.0790. The number of ether oxygens (including phenoxy) is 12. The van der Waals surface area contributed by atoms with Gasteiger partial charge in [0.2, 0.25) is 0 Å². The van der Waals surface area contributed by atoms with E-state index in [4.69, 9.17) is 62.6 Å². The van der Waals surface area contributed by atoms with Gasteiger partial charge in [-0.3, -0.25) is 0 Å². The zero-order valence-electron chi connectivity index (χ0n) is 29.6. The van der Waals surface area contributed by atoms with Gasteiger partial charge in [-0.05, 0) is 30.7 Å². The summed E-state index contributed by atoms with van der Waals surface area (Å²) in [6.07, 6.45) is 6.27. The number of hydrogen-bond donors (Lipinski definition) is 1. The predicted molar refractivity (Wildman–Crippen MR) is 184 cm³/mol. The minimum absolute atomic E-state index is 0.477. The maximum Gasteiger partial charge on any atom is 0.119 e. The number of benzene rings is 1. The second kappa shape index (κ2) is 38.2. The molecule has 0 saturated carbocycles. The third-order valence-electron chi connectivity index (χ3n) is 6.49. The Hall–Kier alpha value is -1.62. The van der Waals surface area contributed by atoms with Crippen molar-refractivity contribution >= 4 is 5.69 Å². The number of anilines is 1. The summed E-state index contributed by atoms with van der Waals surface area (Å²) in [6, 6.07) is 7.27. The average Bonchev–Trinajstić information content (AvgIpc) is 3.10. The van der Waals surface area contributed by atoms with E-state index in [9.17, 15) is 0 Å². The standard InChI is InChI=1S/C35H65NO12/c1-2-3-4-5-6-11-37-12-13-38-14-15-39-16-17-40-18-19-41-20-21-42-22-23-43-24-25-44-26-27-45-28-29-46-30-31-47-32-33-48-35-9-7-34(36)8-10-35/h7-10H,2-6,11-33,36H2,1H3.